The molecule has 1 aromatic carbocycles. The van der Waals surface area contributed by atoms with Gasteiger partial charge in [-0.25, -0.2) is 9.97 Å². The van der Waals surface area contributed by atoms with E-state index in [1.165, 1.54) is 0 Å². The van der Waals surface area contributed by atoms with E-state index in [1.54, 1.807) is 10.9 Å². The molecule has 1 aliphatic carbocycles. The van der Waals surface area contributed by atoms with Crippen LogP contribution in [0.2, 0.25) is 36.3 Å². The third kappa shape index (κ3) is 8.85. The molecule has 5 rings (SSSR count). The van der Waals surface area contributed by atoms with Gasteiger partial charge in [0.2, 0.25) is 0 Å². The summed E-state index contributed by atoms with van der Waals surface area (Å²) >= 11 is -1.26. The Kier molecular flexibility index (Phi) is 11.2. The second-order valence-corrected chi connectivity index (χ2v) is 29.8. The molecular formula is C39H60N6O3SSi2. The van der Waals surface area contributed by atoms with Crippen molar-refractivity contribution < 1.29 is 13.4 Å². The zero-order valence-electron chi connectivity index (χ0n) is 33.3. The molecule has 0 bridgehead atoms. The monoisotopic (exact) mass is 748 g/mol. The lowest BCUT2D eigenvalue weighted by atomic mass is 9.76. The SMILES string of the molecule is C[C@@H](O[Si](C)(C)C(C)(C)C)c1ccnc(-n2ncc3ccc(-c4cccc([C@@H](N[S@+]([O-])C(C)(C)C)C5CC(O[Si](C)(C)C(C)(C)C)C5)n4)cc32)n1. The van der Waals surface area contributed by atoms with Gasteiger partial charge in [-0.3, -0.25) is 4.98 Å². The summed E-state index contributed by atoms with van der Waals surface area (Å²) in [6, 6.07) is 14.1. The Labute approximate surface area is 311 Å². The van der Waals surface area contributed by atoms with Gasteiger partial charge in [-0.05, 0) is 107 Å². The molecule has 0 unspecified atom stereocenters. The number of hydrogen-bond acceptors (Lipinski definition) is 8. The van der Waals surface area contributed by atoms with E-state index >= 15 is 0 Å². The van der Waals surface area contributed by atoms with Crippen LogP contribution in [-0.4, -0.2) is 56.8 Å². The first-order valence-electron chi connectivity index (χ1n) is 18.3. The zero-order chi connectivity index (χ0) is 37.7. The second kappa shape index (κ2) is 14.4. The van der Waals surface area contributed by atoms with Crippen LogP contribution in [0.3, 0.4) is 0 Å². The van der Waals surface area contributed by atoms with Crippen LogP contribution in [0.5, 0.6) is 0 Å². The topological polar surface area (TPSA) is 110 Å². The highest BCUT2D eigenvalue weighted by atomic mass is 32.2. The Morgan fingerprint density at radius 3 is 2.18 bits per heavy atom. The molecule has 12 heteroatoms. The van der Waals surface area contributed by atoms with Crippen molar-refractivity contribution in [3.05, 3.63) is 66.2 Å². The number of rotatable bonds is 11. The Hall–Kier alpha value is -2.46. The van der Waals surface area contributed by atoms with E-state index in [9.17, 15) is 4.55 Å². The summed E-state index contributed by atoms with van der Waals surface area (Å²) in [5, 5.41) is 5.92. The fraction of sp³-hybridized carbons (Fsp3) is 0.590. The number of benzene rings is 1. The third-order valence-electron chi connectivity index (χ3n) is 11.2. The smallest absolute Gasteiger partial charge is 0.251 e. The van der Waals surface area contributed by atoms with Crippen LogP contribution in [-0.2, 0) is 20.2 Å². The minimum atomic E-state index is -2.00. The van der Waals surface area contributed by atoms with Crippen molar-refractivity contribution in [1.29, 1.82) is 0 Å². The molecule has 3 heterocycles. The van der Waals surface area contributed by atoms with Crippen LogP contribution in [0.15, 0.2) is 54.9 Å². The van der Waals surface area contributed by atoms with E-state index in [0.29, 0.717) is 5.95 Å². The van der Waals surface area contributed by atoms with Gasteiger partial charge in [0, 0.05) is 34.6 Å². The summed E-state index contributed by atoms with van der Waals surface area (Å²) in [7, 11) is -3.88. The minimum Gasteiger partial charge on any atom is -0.598 e. The Morgan fingerprint density at radius 2 is 1.55 bits per heavy atom. The lowest BCUT2D eigenvalue weighted by molar-refractivity contribution is 0.0365. The zero-order valence-corrected chi connectivity index (χ0v) is 36.1. The number of fused-ring (bicyclic) bond motifs is 1. The average Bonchev–Trinajstić information content (AvgIpc) is 3.43. The molecule has 4 aromatic rings. The van der Waals surface area contributed by atoms with Gasteiger partial charge in [0.25, 0.3) is 5.95 Å². The van der Waals surface area contributed by atoms with Crippen LogP contribution in [0.25, 0.3) is 28.1 Å². The molecular weight excluding hydrogens is 689 g/mol. The summed E-state index contributed by atoms with van der Waals surface area (Å²) in [4.78, 5) is 14.7. The van der Waals surface area contributed by atoms with Crippen LogP contribution in [0.1, 0.15) is 106 Å². The number of nitrogens with one attached hydrogen (secondary N) is 1. The summed E-state index contributed by atoms with van der Waals surface area (Å²) in [6.45, 7) is 30.8. The maximum absolute atomic E-state index is 13.5. The highest BCUT2D eigenvalue weighted by Gasteiger charge is 2.46. The van der Waals surface area contributed by atoms with Gasteiger partial charge < -0.3 is 13.4 Å². The largest absolute Gasteiger partial charge is 0.598 e. The highest BCUT2D eigenvalue weighted by Crippen LogP contribution is 2.45. The molecule has 3 atom stereocenters. The van der Waals surface area contributed by atoms with Gasteiger partial charge >= 0.3 is 0 Å². The maximum atomic E-state index is 13.5. The molecule has 0 aliphatic heterocycles. The standard InChI is InChI=1S/C39H60N6O3SSi2/c1-26(47-50(11,12)38(5,6)7)31-20-21-40-36(43-31)45-34-24-27(18-19-28(34)25-41-45)32-16-15-17-33(42-32)35(44-49(46)37(2,3)4)29-22-30(23-29)48-51(13,14)39(8,9)10/h15-21,24-26,29-30,35,44H,22-23H2,1-14H3/t26-,29?,30?,35+,49-/m1/s1. The van der Waals surface area contributed by atoms with Gasteiger partial charge in [0.1, 0.15) is 4.75 Å². The Balaban J connectivity index is 1.43. The van der Waals surface area contributed by atoms with Gasteiger partial charge in [-0.1, -0.05) is 59.7 Å². The van der Waals surface area contributed by atoms with E-state index in [4.69, 9.17) is 23.9 Å². The predicted octanol–water partition coefficient (Wildman–Crippen LogP) is 9.85. The van der Waals surface area contributed by atoms with Gasteiger partial charge in [0.05, 0.1) is 40.9 Å². The second-order valence-electron chi connectivity index (χ2n) is 18.3. The fourth-order valence-corrected chi connectivity index (χ4v) is 9.39. The van der Waals surface area contributed by atoms with Crippen molar-refractivity contribution in [2.75, 3.05) is 0 Å². The molecule has 3 aromatic heterocycles. The molecule has 0 spiro atoms. The van der Waals surface area contributed by atoms with Crippen molar-refractivity contribution in [2.24, 2.45) is 5.92 Å². The fourth-order valence-electron chi connectivity index (χ4n) is 5.75. The number of hydrogen-bond donors (Lipinski definition) is 1. The van der Waals surface area contributed by atoms with Crippen molar-refractivity contribution >= 4 is 38.9 Å². The third-order valence-corrected chi connectivity index (χ3v) is 21.8. The molecule has 0 amide bonds. The molecule has 278 valence electrons. The molecule has 0 saturated heterocycles. The first-order chi connectivity index (χ1) is 23.5. The van der Waals surface area contributed by atoms with Crippen LogP contribution in [0.4, 0.5) is 0 Å². The molecule has 1 aliphatic rings. The van der Waals surface area contributed by atoms with Gasteiger partial charge in [0.15, 0.2) is 16.6 Å². The molecule has 51 heavy (non-hydrogen) atoms. The molecule has 0 radical (unpaired) electrons. The van der Waals surface area contributed by atoms with E-state index < -0.39 is 32.7 Å². The summed E-state index contributed by atoms with van der Waals surface area (Å²) < 4.78 is 31.7. The lowest BCUT2D eigenvalue weighted by Crippen LogP contribution is -2.51. The normalized spacial score (nSPS) is 19.5. The summed E-state index contributed by atoms with van der Waals surface area (Å²) in [6.07, 6.45) is 5.51. The number of pyridine rings is 1. The van der Waals surface area contributed by atoms with Crippen LogP contribution < -0.4 is 4.72 Å². The lowest BCUT2D eigenvalue weighted by Gasteiger charge is -2.46. The molecule has 9 nitrogen and oxygen atoms in total. The Bertz CT molecular complexity index is 1820. The maximum Gasteiger partial charge on any atom is 0.251 e. The first-order valence-corrected chi connectivity index (χ1v) is 25.3. The van der Waals surface area contributed by atoms with Crippen LogP contribution >= 0.6 is 0 Å². The number of nitrogens with zero attached hydrogens (tertiary/aromatic N) is 5. The average molecular weight is 749 g/mol. The molecule has 1 N–H and O–H groups in total. The number of aromatic nitrogens is 5. The van der Waals surface area contributed by atoms with E-state index in [2.05, 4.69) is 109 Å². The van der Waals surface area contributed by atoms with Crippen molar-refractivity contribution in [2.45, 2.75) is 141 Å². The van der Waals surface area contributed by atoms with E-state index in [1.807, 2.05) is 45.2 Å². The van der Waals surface area contributed by atoms with E-state index in [-0.39, 0.29) is 34.2 Å². The van der Waals surface area contributed by atoms with Gasteiger partial charge in [-0.15, -0.1) is 4.72 Å². The summed E-state index contributed by atoms with van der Waals surface area (Å²) in [5.41, 5.74) is 4.41. The van der Waals surface area contributed by atoms with Crippen molar-refractivity contribution in [1.82, 2.24) is 29.5 Å². The summed E-state index contributed by atoms with van der Waals surface area (Å²) in [5.74, 6) is 0.769. The molecule has 1 saturated carbocycles. The quantitative estimate of drug-likeness (QED) is 0.119. The highest BCUT2D eigenvalue weighted by molar-refractivity contribution is 7.90. The van der Waals surface area contributed by atoms with E-state index in [0.717, 1.165) is 46.4 Å². The van der Waals surface area contributed by atoms with Gasteiger partial charge in [-0.2, -0.15) is 9.78 Å². The predicted molar refractivity (Wildman–Crippen MR) is 215 cm³/mol. The first kappa shape index (κ1) is 39.7. The molecule has 1 fully saturated rings. The van der Waals surface area contributed by atoms with Crippen molar-refractivity contribution in [3.8, 4) is 17.2 Å². The minimum absolute atomic E-state index is 0.0934. The van der Waals surface area contributed by atoms with Crippen molar-refractivity contribution in [3.63, 3.8) is 0 Å². The Morgan fingerprint density at radius 1 is 0.882 bits per heavy atom. The van der Waals surface area contributed by atoms with Crippen LogP contribution in [0, 0.1) is 5.92 Å².